The average Bonchev–Trinajstić information content (AvgIpc) is 2.71. The van der Waals surface area contributed by atoms with E-state index in [1.165, 1.54) is 0 Å². The second kappa shape index (κ2) is 5.63. The standard InChI is InChI=1S/C14H23N3O4/c1-6-20-11-7-10(14(11,3)4)16(5)12(18)8-17-13(19)21-9(2)15-17/h10-11H,6-8H2,1-5H3. The molecule has 1 aliphatic rings. The van der Waals surface area contributed by atoms with E-state index in [-0.39, 0.29) is 35.9 Å². The van der Waals surface area contributed by atoms with E-state index < -0.39 is 5.76 Å². The van der Waals surface area contributed by atoms with Crippen LogP contribution in [0.3, 0.4) is 0 Å². The van der Waals surface area contributed by atoms with Gasteiger partial charge in [-0.15, -0.1) is 5.10 Å². The Balaban J connectivity index is 2.01. The highest BCUT2D eigenvalue weighted by Gasteiger charge is 2.51. The highest BCUT2D eigenvalue weighted by molar-refractivity contribution is 5.76. The van der Waals surface area contributed by atoms with Gasteiger partial charge < -0.3 is 14.1 Å². The number of amides is 1. The van der Waals surface area contributed by atoms with Gasteiger partial charge in [-0.2, -0.15) is 4.68 Å². The molecule has 7 heteroatoms. The van der Waals surface area contributed by atoms with Crippen molar-refractivity contribution in [1.29, 1.82) is 0 Å². The number of carbonyl (C=O) groups excluding carboxylic acids is 1. The van der Waals surface area contributed by atoms with Gasteiger partial charge in [0.05, 0.1) is 6.10 Å². The fourth-order valence-corrected chi connectivity index (χ4v) is 2.93. The molecule has 0 N–H and O–H groups in total. The summed E-state index contributed by atoms with van der Waals surface area (Å²) in [5.74, 6) is -0.497. The zero-order valence-electron chi connectivity index (χ0n) is 13.3. The molecule has 21 heavy (non-hydrogen) atoms. The predicted octanol–water partition coefficient (Wildman–Crippen LogP) is 0.807. The molecule has 1 aromatic rings. The van der Waals surface area contributed by atoms with E-state index in [1.54, 1.807) is 18.9 Å². The third-order valence-corrected chi connectivity index (χ3v) is 4.35. The van der Waals surface area contributed by atoms with E-state index in [0.717, 1.165) is 11.1 Å². The third-order valence-electron chi connectivity index (χ3n) is 4.35. The van der Waals surface area contributed by atoms with Crippen molar-refractivity contribution in [3.63, 3.8) is 0 Å². The summed E-state index contributed by atoms with van der Waals surface area (Å²) in [5, 5.41) is 3.88. The van der Waals surface area contributed by atoms with E-state index in [1.807, 2.05) is 6.92 Å². The van der Waals surface area contributed by atoms with Crippen LogP contribution in [0.4, 0.5) is 0 Å². The summed E-state index contributed by atoms with van der Waals surface area (Å²) in [6.45, 7) is 8.31. The molecule has 0 bridgehead atoms. The minimum atomic E-state index is -0.602. The minimum absolute atomic E-state index is 0.0921. The third kappa shape index (κ3) is 2.88. The molecule has 2 atom stereocenters. The highest BCUT2D eigenvalue weighted by atomic mass is 16.5. The molecule has 1 heterocycles. The molecule has 1 amide bonds. The molecule has 1 saturated carbocycles. The van der Waals surface area contributed by atoms with E-state index in [0.29, 0.717) is 6.61 Å². The van der Waals surface area contributed by atoms with Gasteiger partial charge in [0.2, 0.25) is 11.8 Å². The van der Waals surface area contributed by atoms with Gasteiger partial charge >= 0.3 is 5.76 Å². The number of nitrogens with zero attached hydrogens (tertiary/aromatic N) is 3. The van der Waals surface area contributed by atoms with E-state index in [9.17, 15) is 9.59 Å². The van der Waals surface area contributed by atoms with Crippen LogP contribution in [0.15, 0.2) is 9.21 Å². The van der Waals surface area contributed by atoms with Crippen LogP contribution < -0.4 is 5.76 Å². The Morgan fingerprint density at radius 2 is 2.24 bits per heavy atom. The quantitative estimate of drug-likeness (QED) is 0.803. The van der Waals surface area contributed by atoms with Gasteiger partial charge in [0.15, 0.2) is 0 Å². The topological polar surface area (TPSA) is 77.6 Å². The van der Waals surface area contributed by atoms with Crippen molar-refractivity contribution in [2.24, 2.45) is 5.41 Å². The Kier molecular flexibility index (Phi) is 4.22. The maximum atomic E-state index is 12.3. The van der Waals surface area contributed by atoms with Crippen LogP contribution in [0, 0.1) is 12.3 Å². The number of ether oxygens (including phenoxy) is 1. The van der Waals surface area contributed by atoms with E-state index >= 15 is 0 Å². The van der Waals surface area contributed by atoms with Crippen molar-refractivity contribution in [3.05, 3.63) is 16.4 Å². The average molecular weight is 297 g/mol. The van der Waals surface area contributed by atoms with Crippen molar-refractivity contribution in [2.75, 3.05) is 13.7 Å². The van der Waals surface area contributed by atoms with Crippen LogP contribution in [0.1, 0.15) is 33.1 Å². The first-order valence-corrected chi connectivity index (χ1v) is 7.19. The Bertz CT molecular complexity index is 575. The lowest BCUT2D eigenvalue weighted by Crippen LogP contribution is -2.62. The summed E-state index contributed by atoms with van der Waals surface area (Å²) in [6.07, 6.45) is 0.982. The number of aryl methyl sites for hydroxylation is 1. The van der Waals surface area contributed by atoms with Gasteiger partial charge in [0.25, 0.3) is 0 Å². The molecule has 1 aromatic heterocycles. The molecule has 0 saturated heterocycles. The second-order valence-corrected chi connectivity index (χ2v) is 6.07. The molecule has 2 unspecified atom stereocenters. The summed E-state index contributed by atoms with van der Waals surface area (Å²) in [4.78, 5) is 25.4. The lowest BCUT2D eigenvalue weighted by atomic mass is 9.64. The lowest BCUT2D eigenvalue weighted by Gasteiger charge is -2.54. The Hall–Kier alpha value is -1.63. The SMILES string of the molecule is CCOC1CC(N(C)C(=O)Cn2nc(C)oc2=O)C1(C)C. The van der Waals surface area contributed by atoms with Gasteiger partial charge in [-0.1, -0.05) is 13.8 Å². The molecule has 0 aliphatic heterocycles. The van der Waals surface area contributed by atoms with Gasteiger partial charge in [0.1, 0.15) is 6.54 Å². The summed E-state index contributed by atoms with van der Waals surface area (Å²) in [5.41, 5.74) is -0.0921. The zero-order chi connectivity index (χ0) is 15.8. The van der Waals surface area contributed by atoms with Crippen molar-refractivity contribution in [1.82, 2.24) is 14.7 Å². The van der Waals surface area contributed by atoms with Crippen LogP contribution in [0.25, 0.3) is 0 Å². The van der Waals surface area contributed by atoms with Crippen LogP contribution in [0.5, 0.6) is 0 Å². The summed E-state index contributed by atoms with van der Waals surface area (Å²) in [7, 11) is 1.76. The lowest BCUT2D eigenvalue weighted by molar-refractivity contribution is -0.164. The molecule has 118 valence electrons. The Labute approximate surface area is 123 Å². The highest BCUT2D eigenvalue weighted by Crippen LogP contribution is 2.45. The fourth-order valence-electron chi connectivity index (χ4n) is 2.93. The van der Waals surface area contributed by atoms with Crippen molar-refractivity contribution in [2.45, 2.75) is 52.8 Å². The van der Waals surface area contributed by atoms with Gasteiger partial charge in [-0.3, -0.25) is 4.79 Å². The number of rotatable bonds is 5. The largest absolute Gasteiger partial charge is 0.437 e. The number of hydrogen-bond donors (Lipinski definition) is 0. The molecule has 1 aliphatic carbocycles. The zero-order valence-corrected chi connectivity index (χ0v) is 13.3. The van der Waals surface area contributed by atoms with Crippen molar-refractivity contribution in [3.8, 4) is 0 Å². The molecule has 7 nitrogen and oxygen atoms in total. The molecular formula is C14H23N3O4. The van der Waals surface area contributed by atoms with Gasteiger partial charge in [-0.25, -0.2) is 4.79 Å². The molecule has 0 spiro atoms. The maximum absolute atomic E-state index is 12.3. The molecule has 2 rings (SSSR count). The Morgan fingerprint density at radius 1 is 1.57 bits per heavy atom. The van der Waals surface area contributed by atoms with Crippen LogP contribution in [0.2, 0.25) is 0 Å². The number of likely N-dealkylation sites (N-methyl/N-ethyl adjacent to an activating group) is 1. The molecule has 1 fully saturated rings. The predicted molar refractivity (Wildman–Crippen MR) is 75.9 cm³/mol. The molecule has 0 radical (unpaired) electrons. The van der Waals surface area contributed by atoms with E-state index in [4.69, 9.17) is 9.15 Å². The van der Waals surface area contributed by atoms with Crippen LogP contribution >= 0.6 is 0 Å². The first-order valence-electron chi connectivity index (χ1n) is 7.19. The minimum Gasteiger partial charge on any atom is -0.393 e. The smallest absolute Gasteiger partial charge is 0.393 e. The number of hydrogen-bond acceptors (Lipinski definition) is 5. The first-order chi connectivity index (χ1) is 9.77. The normalized spacial score (nSPS) is 23.7. The Morgan fingerprint density at radius 3 is 2.71 bits per heavy atom. The summed E-state index contributed by atoms with van der Waals surface area (Å²) < 4.78 is 11.5. The molecule has 0 aromatic carbocycles. The van der Waals surface area contributed by atoms with Crippen molar-refractivity contribution >= 4 is 5.91 Å². The van der Waals surface area contributed by atoms with E-state index in [2.05, 4.69) is 18.9 Å². The summed E-state index contributed by atoms with van der Waals surface area (Å²) >= 11 is 0. The maximum Gasteiger partial charge on any atom is 0.437 e. The summed E-state index contributed by atoms with van der Waals surface area (Å²) in [6, 6.07) is 0.102. The van der Waals surface area contributed by atoms with Crippen LogP contribution in [-0.4, -0.2) is 46.4 Å². The molecular weight excluding hydrogens is 274 g/mol. The van der Waals surface area contributed by atoms with Gasteiger partial charge in [-0.05, 0) is 13.3 Å². The van der Waals surface area contributed by atoms with Gasteiger partial charge in [0, 0.05) is 32.0 Å². The van der Waals surface area contributed by atoms with Crippen LogP contribution in [-0.2, 0) is 16.1 Å². The second-order valence-electron chi connectivity index (χ2n) is 6.07. The first kappa shape index (κ1) is 15.8. The monoisotopic (exact) mass is 297 g/mol. The number of carbonyl (C=O) groups is 1. The fraction of sp³-hybridized carbons (Fsp3) is 0.786. The number of aromatic nitrogens is 2. The van der Waals surface area contributed by atoms with Crippen molar-refractivity contribution < 1.29 is 13.9 Å².